The van der Waals surface area contributed by atoms with E-state index in [1.807, 2.05) is 13.2 Å². The molecule has 0 fully saturated rings. The number of amidine groups is 1. The normalized spacial score (nSPS) is 24.7. The van der Waals surface area contributed by atoms with E-state index in [0.717, 1.165) is 11.7 Å². The quantitative estimate of drug-likeness (QED) is 0.727. The van der Waals surface area contributed by atoms with E-state index in [4.69, 9.17) is 5.73 Å². The largest absolute Gasteiger partial charge is 0.364 e. The molecule has 6 nitrogen and oxygen atoms in total. The van der Waals surface area contributed by atoms with Crippen molar-refractivity contribution in [3.63, 3.8) is 0 Å². The lowest BCUT2D eigenvalue weighted by molar-refractivity contribution is -0.781. The third-order valence-electron chi connectivity index (χ3n) is 3.25. The van der Waals surface area contributed by atoms with Crippen molar-refractivity contribution in [3.05, 3.63) is 30.6 Å². The molecule has 6 heteroatoms. The predicted molar refractivity (Wildman–Crippen MR) is 63.7 cm³/mol. The highest BCUT2D eigenvalue weighted by Crippen LogP contribution is 2.20. The predicted octanol–water partition coefficient (Wildman–Crippen LogP) is 0.156. The molecule has 90 valence electrons. The number of rotatable bonds is 4. The van der Waals surface area contributed by atoms with Crippen molar-refractivity contribution in [2.45, 2.75) is 19.4 Å². The van der Waals surface area contributed by atoms with Crippen molar-refractivity contribution in [1.82, 2.24) is 9.97 Å². The third-order valence-corrected chi connectivity index (χ3v) is 3.25. The average molecular weight is 234 g/mol. The summed E-state index contributed by atoms with van der Waals surface area (Å²) in [6.45, 7) is 1.80. The number of carbonyl (C=O) groups excluding carboxylic acids is 1. The van der Waals surface area contributed by atoms with Crippen molar-refractivity contribution in [3.8, 4) is 0 Å². The summed E-state index contributed by atoms with van der Waals surface area (Å²) in [5, 5.41) is 0. The molecule has 1 aliphatic rings. The van der Waals surface area contributed by atoms with Gasteiger partial charge < -0.3 is 10.7 Å². The van der Waals surface area contributed by atoms with Gasteiger partial charge in [0, 0.05) is 12.4 Å². The molecule has 0 saturated heterocycles. The maximum absolute atomic E-state index is 11.3. The molecule has 2 heterocycles. The van der Waals surface area contributed by atoms with Crippen LogP contribution in [0.5, 0.6) is 0 Å². The number of nitrogens with zero attached hydrogens (tertiary/aromatic N) is 3. The van der Waals surface area contributed by atoms with Gasteiger partial charge in [-0.25, -0.2) is 14.5 Å². The fourth-order valence-electron chi connectivity index (χ4n) is 1.85. The lowest BCUT2D eigenvalue weighted by Gasteiger charge is -2.31. The van der Waals surface area contributed by atoms with Crippen LogP contribution in [-0.4, -0.2) is 39.3 Å². The number of primary amides is 1. The summed E-state index contributed by atoms with van der Waals surface area (Å²) in [6, 6.07) is -0.345. The molecule has 1 aliphatic heterocycles. The minimum Gasteiger partial charge on any atom is -0.364 e. The van der Waals surface area contributed by atoms with Crippen LogP contribution < -0.4 is 5.73 Å². The average Bonchev–Trinajstić information content (AvgIpc) is 2.90. The van der Waals surface area contributed by atoms with E-state index in [2.05, 4.69) is 15.0 Å². The molecule has 2 rings (SSSR count). The van der Waals surface area contributed by atoms with E-state index < -0.39 is 0 Å². The van der Waals surface area contributed by atoms with Crippen LogP contribution in [0.1, 0.15) is 12.7 Å². The molecule has 0 aromatic carbocycles. The first kappa shape index (κ1) is 11.5. The van der Waals surface area contributed by atoms with E-state index in [1.54, 1.807) is 25.5 Å². The maximum atomic E-state index is 11.3. The van der Waals surface area contributed by atoms with Gasteiger partial charge in [0.05, 0.1) is 13.2 Å². The Morgan fingerprint density at radius 2 is 2.41 bits per heavy atom. The first-order valence-corrected chi connectivity index (χ1v) is 5.42. The number of hydrogen-bond acceptors (Lipinski definition) is 3. The van der Waals surface area contributed by atoms with Crippen LogP contribution in [0, 0.1) is 0 Å². The van der Waals surface area contributed by atoms with Crippen molar-refractivity contribution >= 4 is 11.7 Å². The number of likely N-dealkylation sites (N-methyl/N-ethyl adjacent to an activating group) is 1. The van der Waals surface area contributed by atoms with Crippen LogP contribution in [0.3, 0.4) is 0 Å². The van der Waals surface area contributed by atoms with Gasteiger partial charge in [0.1, 0.15) is 18.4 Å². The Morgan fingerprint density at radius 1 is 1.65 bits per heavy atom. The van der Waals surface area contributed by atoms with Gasteiger partial charge in [-0.1, -0.05) is 0 Å². The van der Waals surface area contributed by atoms with Crippen LogP contribution in [-0.2, 0) is 11.2 Å². The molecule has 1 aromatic heterocycles. The Morgan fingerprint density at radius 3 is 3.00 bits per heavy atom. The lowest BCUT2D eigenvalue weighted by Crippen LogP contribution is -2.55. The molecular weight excluding hydrogens is 218 g/mol. The first-order chi connectivity index (χ1) is 8.04. The molecule has 0 radical (unpaired) electrons. The van der Waals surface area contributed by atoms with Crippen LogP contribution >= 0.6 is 0 Å². The van der Waals surface area contributed by atoms with Gasteiger partial charge in [0.2, 0.25) is 5.84 Å². The number of amides is 1. The summed E-state index contributed by atoms with van der Waals surface area (Å²) in [5.74, 6) is 1.34. The fraction of sp³-hybridized carbons (Fsp3) is 0.364. The van der Waals surface area contributed by atoms with Crippen LogP contribution in [0.2, 0.25) is 0 Å². The number of aliphatic imine (C=N–C) groups is 1. The van der Waals surface area contributed by atoms with Crippen LogP contribution in [0.25, 0.3) is 0 Å². The number of H-pyrrole nitrogens is 1. The van der Waals surface area contributed by atoms with E-state index in [-0.39, 0.29) is 11.9 Å². The number of imidazole rings is 1. The van der Waals surface area contributed by atoms with Crippen LogP contribution in [0.15, 0.2) is 29.8 Å². The van der Waals surface area contributed by atoms with Crippen LogP contribution in [0.4, 0.5) is 0 Å². The van der Waals surface area contributed by atoms with Gasteiger partial charge in [-0.05, 0) is 6.92 Å². The summed E-state index contributed by atoms with van der Waals surface area (Å²) >= 11 is 0. The highest BCUT2D eigenvalue weighted by Gasteiger charge is 2.39. The number of aromatic amines is 1. The van der Waals surface area contributed by atoms with Gasteiger partial charge in [-0.2, -0.15) is 0 Å². The van der Waals surface area contributed by atoms with Gasteiger partial charge >= 0.3 is 0 Å². The number of nitrogens with two attached hydrogens (primary N) is 1. The molecular formula is C11H16N5O+. The summed E-state index contributed by atoms with van der Waals surface area (Å²) in [5.41, 5.74) is 5.37. The third kappa shape index (κ3) is 1.99. The smallest absolute Gasteiger partial charge is 0.276 e. The Labute approximate surface area is 99.5 Å². The Hall–Kier alpha value is -1.95. The zero-order valence-corrected chi connectivity index (χ0v) is 9.92. The second-order valence-corrected chi connectivity index (χ2v) is 4.28. The van der Waals surface area contributed by atoms with Crippen molar-refractivity contribution in [1.29, 1.82) is 0 Å². The Kier molecular flexibility index (Phi) is 2.81. The molecule has 17 heavy (non-hydrogen) atoms. The molecule has 2 atom stereocenters. The highest BCUT2D eigenvalue weighted by molar-refractivity contribution is 5.85. The summed E-state index contributed by atoms with van der Waals surface area (Å²) in [7, 11) is 1.92. The molecule has 2 unspecified atom stereocenters. The molecule has 3 N–H and O–H groups in total. The van der Waals surface area contributed by atoms with Gasteiger partial charge in [-0.3, -0.25) is 4.79 Å². The standard InChI is InChI=1S/C11H15N5O/c1-8(11(12)17)16(2)6-5-15-10(16)7-9-13-3-4-14-9/h3-6,8H,7H2,1-2H3,(H2-,12,13,14,17)/p+1. The number of aromatic nitrogens is 2. The lowest BCUT2D eigenvalue weighted by atomic mass is 10.2. The molecule has 0 aliphatic carbocycles. The number of nitrogens with one attached hydrogen (secondary N) is 1. The van der Waals surface area contributed by atoms with E-state index >= 15 is 0 Å². The van der Waals surface area contributed by atoms with Gasteiger partial charge in [0.25, 0.3) is 5.91 Å². The minimum absolute atomic E-state index is 0.316. The fourth-order valence-corrected chi connectivity index (χ4v) is 1.85. The monoisotopic (exact) mass is 234 g/mol. The maximum Gasteiger partial charge on any atom is 0.276 e. The van der Waals surface area contributed by atoms with Crippen molar-refractivity contribution in [2.24, 2.45) is 10.7 Å². The van der Waals surface area contributed by atoms with Crippen molar-refractivity contribution < 1.29 is 9.28 Å². The summed E-state index contributed by atoms with van der Waals surface area (Å²) < 4.78 is 0.316. The Bertz CT molecular complexity index is 476. The minimum atomic E-state index is -0.345. The SMILES string of the molecule is CC(C(N)=O)[N+]1(C)C=CN=C1Cc1ncc[nH]1. The second-order valence-electron chi connectivity index (χ2n) is 4.28. The summed E-state index contributed by atoms with van der Waals surface area (Å²) in [6.07, 6.45) is 7.61. The topological polar surface area (TPSA) is 84.1 Å². The van der Waals surface area contributed by atoms with Gasteiger partial charge in [-0.15, -0.1) is 0 Å². The summed E-state index contributed by atoms with van der Waals surface area (Å²) in [4.78, 5) is 22.8. The number of quaternary nitrogens is 1. The molecule has 1 aromatic rings. The molecule has 0 saturated carbocycles. The zero-order valence-electron chi connectivity index (χ0n) is 9.92. The molecule has 0 spiro atoms. The van der Waals surface area contributed by atoms with Crippen molar-refractivity contribution in [2.75, 3.05) is 7.05 Å². The molecule has 1 amide bonds. The van der Waals surface area contributed by atoms with E-state index in [1.165, 1.54) is 0 Å². The van der Waals surface area contributed by atoms with E-state index in [9.17, 15) is 4.79 Å². The number of carbonyl (C=O) groups is 1. The zero-order chi connectivity index (χ0) is 12.5. The highest BCUT2D eigenvalue weighted by atomic mass is 16.1. The van der Waals surface area contributed by atoms with Gasteiger partial charge in [0.15, 0.2) is 6.04 Å². The second kappa shape index (κ2) is 4.14. The number of hydrogen-bond donors (Lipinski definition) is 2. The molecule has 0 bridgehead atoms. The van der Waals surface area contributed by atoms with E-state index in [0.29, 0.717) is 10.9 Å². The first-order valence-electron chi connectivity index (χ1n) is 5.42. The Balaban J connectivity index is 2.21.